The van der Waals surface area contributed by atoms with Crippen LogP contribution in [0.15, 0.2) is 46.9 Å². The molecule has 0 aliphatic carbocycles. The van der Waals surface area contributed by atoms with Crippen LogP contribution in [0.2, 0.25) is 0 Å². The highest BCUT2D eigenvalue weighted by Crippen LogP contribution is 2.29. The van der Waals surface area contributed by atoms with Crippen molar-refractivity contribution in [3.63, 3.8) is 0 Å². The van der Waals surface area contributed by atoms with Crippen molar-refractivity contribution in [2.24, 2.45) is 0 Å². The van der Waals surface area contributed by atoms with Gasteiger partial charge < -0.3 is 10.1 Å². The second kappa shape index (κ2) is 10.9. The summed E-state index contributed by atoms with van der Waals surface area (Å²) < 4.78 is 7.90. The molecule has 4 rings (SSSR count). The quantitative estimate of drug-likeness (QED) is 0.335. The van der Waals surface area contributed by atoms with Crippen molar-refractivity contribution in [1.29, 1.82) is 0 Å². The van der Waals surface area contributed by atoms with E-state index in [0.29, 0.717) is 24.2 Å². The highest BCUT2D eigenvalue weighted by atomic mass is 32.2. The summed E-state index contributed by atoms with van der Waals surface area (Å²) in [5.74, 6) is 1.06. The molecule has 3 aromatic rings. The molecule has 32 heavy (non-hydrogen) atoms. The first-order valence-electron chi connectivity index (χ1n) is 10.8. The zero-order valence-corrected chi connectivity index (χ0v) is 19.6. The molecule has 2 aromatic heterocycles. The van der Waals surface area contributed by atoms with Gasteiger partial charge in [-0.05, 0) is 55.0 Å². The Morgan fingerprint density at radius 3 is 2.78 bits per heavy atom. The van der Waals surface area contributed by atoms with E-state index in [1.807, 2.05) is 24.4 Å². The number of nitrogens with zero attached hydrogens (tertiary/aromatic N) is 3. The van der Waals surface area contributed by atoms with E-state index >= 15 is 0 Å². The first-order valence-corrected chi connectivity index (χ1v) is 12.6. The number of nitrogens with one attached hydrogen (secondary N) is 1. The van der Waals surface area contributed by atoms with E-state index in [4.69, 9.17) is 4.74 Å². The standard InChI is InChI=1S/C23H26N4O3S2/c1-2-5-21(29)24-17-10-8-16(9-11-17)19(28)15-32-23-26-25-22(20-7-4-13-31-20)27(23)14-18-6-3-12-30-18/h4,7-11,13,18H,2-3,5-6,12,14-15H2,1H3,(H,24,29). The van der Waals surface area contributed by atoms with E-state index in [9.17, 15) is 9.59 Å². The SMILES string of the molecule is CCCC(=O)Nc1ccc(C(=O)CSc2nnc(-c3cccs3)n2CC2CCCO2)cc1. The van der Waals surface area contributed by atoms with Crippen LogP contribution in [-0.2, 0) is 16.1 Å². The van der Waals surface area contributed by atoms with Crippen molar-refractivity contribution in [2.45, 2.75) is 50.4 Å². The number of anilines is 1. The Bertz CT molecular complexity index is 1040. The van der Waals surface area contributed by atoms with Crippen molar-refractivity contribution in [2.75, 3.05) is 17.7 Å². The second-order valence-electron chi connectivity index (χ2n) is 7.62. The van der Waals surface area contributed by atoms with E-state index in [1.54, 1.807) is 35.6 Å². The molecule has 0 radical (unpaired) electrons. The van der Waals surface area contributed by atoms with Gasteiger partial charge >= 0.3 is 0 Å². The molecule has 1 amide bonds. The fourth-order valence-corrected chi connectivity index (χ4v) is 5.10. The smallest absolute Gasteiger partial charge is 0.224 e. The van der Waals surface area contributed by atoms with E-state index in [1.165, 1.54) is 11.8 Å². The summed E-state index contributed by atoms with van der Waals surface area (Å²) in [6.45, 7) is 3.43. The number of ether oxygens (including phenoxy) is 1. The van der Waals surface area contributed by atoms with Crippen LogP contribution >= 0.6 is 23.1 Å². The lowest BCUT2D eigenvalue weighted by atomic mass is 10.1. The molecule has 7 nitrogen and oxygen atoms in total. The van der Waals surface area contributed by atoms with Crippen LogP contribution < -0.4 is 5.32 Å². The number of Topliss-reactive ketones (excluding diaryl/α,β-unsaturated/α-hetero) is 1. The molecular formula is C23H26N4O3S2. The van der Waals surface area contributed by atoms with Gasteiger partial charge in [-0.25, -0.2) is 0 Å². The van der Waals surface area contributed by atoms with Crippen LogP contribution in [0.5, 0.6) is 0 Å². The molecule has 1 atom stereocenters. The minimum absolute atomic E-state index is 0.00535. The van der Waals surface area contributed by atoms with Crippen molar-refractivity contribution >= 4 is 40.5 Å². The Morgan fingerprint density at radius 2 is 2.09 bits per heavy atom. The summed E-state index contributed by atoms with van der Waals surface area (Å²) in [5.41, 5.74) is 1.30. The number of aromatic nitrogens is 3. The first-order chi connectivity index (χ1) is 15.6. The van der Waals surface area contributed by atoms with Crippen LogP contribution in [0, 0.1) is 0 Å². The molecule has 1 saturated heterocycles. The second-order valence-corrected chi connectivity index (χ2v) is 9.51. The van der Waals surface area contributed by atoms with Gasteiger partial charge in [-0.15, -0.1) is 21.5 Å². The number of carbonyl (C=O) groups excluding carboxylic acids is 2. The molecular weight excluding hydrogens is 444 g/mol. The summed E-state index contributed by atoms with van der Waals surface area (Å²) in [4.78, 5) is 25.5. The molecule has 3 heterocycles. The molecule has 1 aliphatic rings. The zero-order chi connectivity index (χ0) is 22.3. The molecule has 1 fully saturated rings. The maximum absolute atomic E-state index is 12.8. The summed E-state index contributed by atoms with van der Waals surface area (Å²) >= 11 is 3.01. The Balaban J connectivity index is 1.42. The normalized spacial score (nSPS) is 15.7. The van der Waals surface area contributed by atoms with Gasteiger partial charge in [-0.2, -0.15) is 0 Å². The van der Waals surface area contributed by atoms with E-state index in [0.717, 1.165) is 41.7 Å². The summed E-state index contributed by atoms with van der Waals surface area (Å²) in [5, 5.41) is 14.4. The average molecular weight is 471 g/mol. The maximum Gasteiger partial charge on any atom is 0.224 e. The number of ketones is 1. The van der Waals surface area contributed by atoms with Gasteiger partial charge in [-0.1, -0.05) is 24.8 Å². The summed E-state index contributed by atoms with van der Waals surface area (Å²) in [7, 11) is 0. The third-order valence-corrected chi connectivity index (χ3v) is 7.00. The summed E-state index contributed by atoms with van der Waals surface area (Å²) in [6.07, 6.45) is 3.52. The third kappa shape index (κ3) is 5.65. The molecule has 0 bridgehead atoms. The number of hydrogen-bond donors (Lipinski definition) is 1. The van der Waals surface area contributed by atoms with Gasteiger partial charge in [0, 0.05) is 24.3 Å². The number of amides is 1. The van der Waals surface area contributed by atoms with Crippen LogP contribution in [0.1, 0.15) is 43.0 Å². The first kappa shape index (κ1) is 22.7. The van der Waals surface area contributed by atoms with E-state index in [-0.39, 0.29) is 23.5 Å². The minimum Gasteiger partial charge on any atom is -0.376 e. The molecule has 1 aliphatic heterocycles. The topological polar surface area (TPSA) is 86.1 Å². The number of benzene rings is 1. The Hall–Kier alpha value is -2.49. The largest absolute Gasteiger partial charge is 0.376 e. The molecule has 1 aromatic carbocycles. The Labute approximate surface area is 195 Å². The highest BCUT2D eigenvalue weighted by molar-refractivity contribution is 7.99. The van der Waals surface area contributed by atoms with Gasteiger partial charge in [0.25, 0.3) is 0 Å². The lowest BCUT2D eigenvalue weighted by Gasteiger charge is -2.14. The Kier molecular flexibility index (Phi) is 7.72. The number of thiophene rings is 1. The predicted molar refractivity (Wildman–Crippen MR) is 127 cm³/mol. The number of hydrogen-bond acceptors (Lipinski definition) is 7. The number of thioether (sulfide) groups is 1. The van der Waals surface area contributed by atoms with Crippen LogP contribution in [-0.4, -0.2) is 44.9 Å². The zero-order valence-electron chi connectivity index (χ0n) is 18.0. The fraction of sp³-hybridized carbons (Fsp3) is 0.391. The average Bonchev–Trinajstić information content (AvgIpc) is 3.56. The van der Waals surface area contributed by atoms with Crippen LogP contribution in [0.3, 0.4) is 0 Å². The molecule has 1 N–H and O–H groups in total. The van der Waals surface area contributed by atoms with Gasteiger partial charge in [0.2, 0.25) is 5.91 Å². The fourth-order valence-electron chi connectivity index (χ4n) is 3.54. The van der Waals surface area contributed by atoms with Crippen LogP contribution in [0.25, 0.3) is 10.7 Å². The molecule has 9 heteroatoms. The van der Waals surface area contributed by atoms with E-state index in [2.05, 4.69) is 20.1 Å². The lowest BCUT2D eigenvalue weighted by Crippen LogP contribution is -2.17. The number of carbonyl (C=O) groups is 2. The van der Waals surface area contributed by atoms with Crippen molar-refractivity contribution < 1.29 is 14.3 Å². The van der Waals surface area contributed by atoms with Gasteiger partial charge in [0.15, 0.2) is 16.8 Å². The van der Waals surface area contributed by atoms with Gasteiger partial charge in [0.05, 0.1) is 23.3 Å². The summed E-state index contributed by atoms with van der Waals surface area (Å²) in [6, 6.07) is 11.1. The van der Waals surface area contributed by atoms with Gasteiger partial charge in [-0.3, -0.25) is 14.2 Å². The highest BCUT2D eigenvalue weighted by Gasteiger charge is 2.22. The van der Waals surface area contributed by atoms with Crippen molar-refractivity contribution in [3.05, 3.63) is 47.3 Å². The van der Waals surface area contributed by atoms with Gasteiger partial charge in [0.1, 0.15) is 0 Å². The maximum atomic E-state index is 12.8. The van der Waals surface area contributed by atoms with Crippen molar-refractivity contribution in [3.8, 4) is 10.7 Å². The molecule has 168 valence electrons. The van der Waals surface area contributed by atoms with Crippen LogP contribution in [0.4, 0.5) is 5.69 Å². The molecule has 0 spiro atoms. The minimum atomic E-state index is -0.0192. The Morgan fingerprint density at radius 1 is 1.25 bits per heavy atom. The van der Waals surface area contributed by atoms with E-state index < -0.39 is 0 Å². The monoisotopic (exact) mass is 470 g/mol. The predicted octanol–water partition coefficient (Wildman–Crippen LogP) is 4.90. The van der Waals surface area contributed by atoms with Crippen molar-refractivity contribution in [1.82, 2.24) is 14.8 Å². The lowest BCUT2D eigenvalue weighted by molar-refractivity contribution is -0.116. The molecule has 1 unspecified atom stereocenters. The third-order valence-electron chi connectivity index (χ3n) is 5.17. The number of rotatable bonds is 10. The molecule has 0 saturated carbocycles.